The second kappa shape index (κ2) is 4.02. The number of fused-ring (bicyclic) bond motifs is 1. The van der Waals surface area contributed by atoms with Crippen molar-refractivity contribution in [2.24, 2.45) is 0 Å². The molecule has 0 spiro atoms. The van der Waals surface area contributed by atoms with E-state index >= 15 is 0 Å². The van der Waals surface area contributed by atoms with Crippen molar-refractivity contribution >= 4 is 28.4 Å². The third kappa shape index (κ3) is 2.26. The van der Waals surface area contributed by atoms with Gasteiger partial charge >= 0.3 is 6.18 Å². The number of halogens is 3. The maximum absolute atomic E-state index is 12.2. The molecule has 2 aromatic heterocycles. The minimum Gasteiger partial charge on any atom is -0.349 e. The maximum atomic E-state index is 12.2. The molecule has 0 aliphatic heterocycles. The first-order valence-corrected chi connectivity index (χ1v) is 5.49. The number of hydrogen-bond acceptors (Lipinski definition) is 4. The molecule has 0 radical (unpaired) electrons. The van der Waals surface area contributed by atoms with Crippen molar-refractivity contribution in [1.82, 2.24) is 9.38 Å². The molecule has 0 saturated heterocycles. The Morgan fingerprint density at radius 3 is 2.88 bits per heavy atom. The average molecular weight is 263 g/mol. The summed E-state index contributed by atoms with van der Waals surface area (Å²) in [6.07, 6.45) is -2.22. The van der Waals surface area contributed by atoms with Crippen LogP contribution in [0.4, 0.5) is 19.0 Å². The van der Waals surface area contributed by atoms with E-state index in [-0.39, 0.29) is 11.5 Å². The molecule has 2 rings (SSSR count). The Bertz CT molecular complexity index is 545. The van der Waals surface area contributed by atoms with E-state index in [1.54, 1.807) is 11.6 Å². The Morgan fingerprint density at radius 1 is 1.59 bits per heavy atom. The molecule has 0 bridgehead atoms. The molecule has 0 amide bonds. The topological polar surface area (TPSA) is 37.6 Å². The van der Waals surface area contributed by atoms with Gasteiger partial charge in [-0.1, -0.05) is 0 Å². The molecule has 0 unspecified atom stereocenters. The van der Waals surface area contributed by atoms with Crippen LogP contribution in [0.1, 0.15) is 10.5 Å². The average Bonchev–Trinajstić information content (AvgIpc) is 2.72. The number of hydrogen-bond donors (Lipinski definition) is 0. The molecule has 0 saturated carbocycles. The third-order valence-electron chi connectivity index (χ3n) is 2.17. The van der Waals surface area contributed by atoms with Gasteiger partial charge in [-0.3, -0.25) is 9.20 Å². The largest absolute Gasteiger partial charge is 0.405 e. The fourth-order valence-electron chi connectivity index (χ4n) is 1.53. The zero-order chi connectivity index (χ0) is 12.6. The molecule has 0 N–H and O–H groups in total. The summed E-state index contributed by atoms with van der Waals surface area (Å²) in [6, 6.07) is 0. The number of nitrogens with zero attached hydrogens (tertiary/aromatic N) is 3. The van der Waals surface area contributed by atoms with Crippen LogP contribution in [0.5, 0.6) is 0 Å². The quantitative estimate of drug-likeness (QED) is 0.797. The highest BCUT2D eigenvalue weighted by atomic mass is 32.1. The first-order valence-electron chi connectivity index (χ1n) is 4.61. The van der Waals surface area contributed by atoms with Crippen LogP contribution in [0.15, 0.2) is 11.6 Å². The number of aldehydes is 1. The minimum absolute atomic E-state index is 0.0455. The third-order valence-corrected chi connectivity index (χ3v) is 2.93. The second-order valence-corrected chi connectivity index (χ2v) is 4.34. The molecule has 2 aromatic rings. The van der Waals surface area contributed by atoms with Gasteiger partial charge in [0, 0.05) is 18.6 Å². The molecular weight excluding hydrogens is 255 g/mol. The van der Waals surface area contributed by atoms with E-state index in [1.165, 1.54) is 22.8 Å². The minimum atomic E-state index is -4.33. The zero-order valence-electron chi connectivity index (χ0n) is 8.73. The second-order valence-electron chi connectivity index (χ2n) is 3.47. The number of carbonyl (C=O) groups is 1. The van der Waals surface area contributed by atoms with E-state index in [1.807, 2.05) is 0 Å². The van der Waals surface area contributed by atoms with E-state index in [0.717, 1.165) is 4.90 Å². The number of carbonyl (C=O) groups excluding carboxylic acids is 1. The summed E-state index contributed by atoms with van der Waals surface area (Å²) in [7, 11) is 1.26. The van der Waals surface area contributed by atoms with Crippen molar-refractivity contribution in [1.29, 1.82) is 0 Å². The van der Waals surface area contributed by atoms with E-state index in [9.17, 15) is 18.0 Å². The van der Waals surface area contributed by atoms with Gasteiger partial charge in [-0.05, 0) is 0 Å². The summed E-state index contributed by atoms with van der Waals surface area (Å²) < 4.78 is 38.2. The van der Waals surface area contributed by atoms with Crippen LogP contribution in [-0.4, -0.2) is 35.4 Å². The van der Waals surface area contributed by atoms with E-state index in [4.69, 9.17) is 0 Å². The number of rotatable bonds is 3. The number of aromatic nitrogens is 2. The van der Waals surface area contributed by atoms with E-state index in [0.29, 0.717) is 11.2 Å². The molecule has 2 heterocycles. The smallest absolute Gasteiger partial charge is 0.349 e. The fraction of sp³-hybridized carbons (Fsp3) is 0.333. The molecule has 17 heavy (non-hydrogen) atoms. The van der Waals surface area contributed by atoms with Crippen LogP contribution >= 0.6 is 11.3 Å². The van der Waals surface area contributed by atoms with Crippen molar-refractivity contribution in [2.45, 2.75) is 6.18 Å². The van der Waals surface area contributed by atoms with Gasteiger partial charge in [0.1, 0.15) is 12.2 Å². The highest BCUT2D eigenvalue weighted by Gasteiger charge is 2.31. The molecular formula is C9H8F3N3OS. The predicted octanol–water partition coefficient (Wildman–Crippen LogP) is 2.21. The first-order chi connectivity index (χ1) is 7.92. The van der Waals surface area contributed by atoms with Gasteiger partial charge in [0.05, 0.1) is 0 Å². The molecule has 0 aromatic carbocycles. The number of anilines is 1. The van der Waals surface area contributed by atoms with E-state index in [2.05, 4.69) is 4.98 Å². The Hall–Kier alpha value is -1.57. The molecule has 0 atom stereocenters. The Labute approximate surface area is 98.3 Å². The molecule has 8 heteroatoms. The Morgan fingerprint density at radius 2 is 2.29 bits per heavy atom. The number of alkyl halides is 3. The molecule has 0 aliphatic rings. The summed E-state index contributed by atoms with van der Waals surface area (Å²) in [5.41, 5.74) is 0.132. The highest BCUT2D eigenvalue weighted by molar-refractivity contribution is 7.15. The lowest BCUT2D eigenvalue weighted by Gasteiger charge is -2.18. The van der Waals surface area contributed by atoms with Crippen molar-refractivity contribution in [3.8, 4) is 0 Å². The maximum Gasteiger partial charge on any atom is 0.405 e. The lowest BCUT2D eigenvalue weighted by atomic mass is 10.4. The monoisotopic (exact) mass is 263 g/mol. The van der Waals surface area contributed by atoms with Gasteiger partial charge in [0.15, 0.2) is 17.1 Å². The number of thiazole rings is 1. The molecule has 4 nitrogen and oxygen atoms in total. The summed E-state index contributed by atoms with van der Waals surface area (Å²) in [4.78, 5) is 16.3. The van der Waals surface area contributed by atoms with Crippen LogP contribution in [0, 0.1) is 0 Å². The fourth-order valence-corrected chi connectivity index (χ4v) is 2.24. The molecule has 0 fully saturated rings. The molecule has 92 valence electrons. The summed E-state index contributed by atoms with van der Waals surface area (Å²) >= 11 is 1.26. The van der Waals surface area contributed by atoms with Gasteiger partial charge in [-0.15, -0.1) is 11.3 Å². The SMILES string of the molecule is CN(CC(F)(F)F)c1nc2sccn2c1C=O. The lowest BCUT2D eigenvalue weighted by Crippen LogP contribution is -2.31. The van der Waals surface area contributed by atoms with Crippen LogP contribution in [0.2, 0.25) is 0 Å². The van der Waals surface area contributed by atoms with Gasteiger partial charge in [-0.2, -0.15) is 13.2 Å². The zero-order valence-corrected chi connectivity index (χ0v) is 9.55. The normalized spacial score (nSPS) is 12.0. The van der Waals surface area contributed by atoms with Gasteiger partial charge in [0.25, 0.3) is 0 Å². The van der Waals surface area contributed by atoms with Crippen molar-refractivity contribution in [3.63, 3.8) is 0 Å². The predicted molar refractivity (Wildman–Crippen MR) is 57.8 cm³/mol. The molecule has 0 aliphatic carbocycles. The highest BCUT2D eigenvalue weighted by Crippen LogP contribution is 2.25. The lowest BCUT2D eigenvalue weighted by molar-refractivity contribution is -0.119. The van der Waals surface area contributed by atoms with Crippen LogP contribution in [0.3, 0.4) is 0 Å². The van der Waals surface area contributed by atoms with Gasteiger partial charge < -0.3 is 4.90 Å². The van der Waals surface area contributed by atoms with Crippen LogP contribution < -0.4 is 4.90 Å². The summed E-state index contributed by atoms with van der Waals surface area (Å²) in [5.74, 6) is 0.0455. The Balaban J connectivity index is 2.40. The van der Waals surface area contributed by atoms with Crippen LogP contribution in [0.25, 0.3) is 4.96 Å². The van der Waals surface area contributed by atoms with E-state index < -0.39 is 12.7 Å². The van der Waals surface area contributed by atoms with Crippen LogP contribution in [-0.2, 0) is 0 Å². The van der Waals surface area contributed by atoms with Crippen molar-refractivity contribution in [2.75, 3.05) is 18.5 Å². The summed E-state index contributed by atoms with van der Waals surface area (Å²) in [6.45, 7) is -1.14. The van der Waals surface area contributed by atoms with Gasteiger partial charge in [-0.25, -0.2) is 4.98 Å². The standard InChI is InChI=1S/C9H8F3N3OS/c1-14(5-9(10,11)12)7-6(4-16)15-2-3-17-8(15)13-7/h2-4H,5H2,1H3. The Kier molecular flexibility index (Phi) is 2.82. The number of imidazole rings is 1. The van der Waals surface area contributed by atoms with Crippen molar-refractivity contribution in [3.05, 3.63) is 17.3 Å². The first kappa shape index (κ1) is 11.9. The summed E-state index contributed by atoms with van der Waals surface area (Å²) in [5, 5.41) is 1.71. The van der Waals surface area contributed by atoms with Gasteiger partial charge in [0.2, 0.25) is 0 Å². The van der Waals surface area contributed by atoms with Crippen molar-refractivity contribution < 1.29 is 18.0 Å².